The van der Waals surface area contributed by atoms with E-state index in [1.165, 1.54) is 11.8 Å². The molecule has 1 aliphatic heterocycles. The van der Waals surface area contributed by atoms with Crippen LogP contribution in [0, 0.1) is 13.8 Å². The number of amides is 1. The Balaban J connectivity index is 1.53. The fourth-order valence-electron chi connectivity index (χ4n) is 4.10. The van der Waals surface area contributed by atoms with E-state index in [1.807, 2.05) is 91.3 Å². The quantitative estimate of drug-likeness (QED) is 0.428. The summed E-state index contributed by atoms with van der Waals surface area (Å²) >= 11 is 1.41. The third-order valence-electron chi connectivity index (χ3n) is 5.93. The molecule has 0 spiro atoms. The molecule has 0 saturated carbocycles. The van der Waals surface area contributed by atoms with Crippen LogP contribution in [-0.2, 0) is 4.79 Å². The highest BCUT2D eigenvalue weighted by atomic mass is 32.2. The molecule has 34 heavy (non-hydrogen) atoms. The fourth-order valence-corrected chi connectivity index (χ4v) is 5.18. The van der Waals surface area contributed by atoms with Gasteiger partial charge in [0.25, 0.3) is 0 Å². The van der Waals surface area contributed by atoms with Gasteiger partial charge in [-0.2, -0.15) is 0 Å². The van der Waals surface area contributed by atoms with Gasteiger partial charge in [0.1, 0.15) is 11.0 Å². The van der Waals surface area contributed by atoms with Crippen molar-refractivity contribution in [3.05, 3.63) is 89.5 Å². The average molecular weight is 472 g/mol. The summed E-state index contributed by atoms with van der Waals surface area (Å²) < 4.78 is 7.20. The first kappa shape index (κ1) is 22.0. The molecule has 4 aromatic rings. The van der Waals surface area contributed by atoms with Crippen LogP contribution in [0.25, 0.3) is 11.4 Å². The molecule has 0 unspecified atom stereocenters. The molecule has 2 atom stereocenters. The maximum Gasteiger partial charge on any atom is 0.240 e. The van der Waals surface area contributed by atoms with Gasteiger partial charge in [0.2, 0.25) is 11.1 Å². The van der Waals surface area contributed by atoms with Crippen LogP contribution in [0.1, 0.15) is 22.7 Å². The number of fused-ring (bicyclic) bond motifs is 1. The number of thioether (sulfide) groups is 1. The van der Waals surface area contributed by atoms with Gasteiger partial charge in [0.15, 0.2) is 5.82 Å². The maximum atomic E-state index is 13.6. The smallest absolute Gasteiger partial charge is 0.240 e. The summed E-state index contributed by atoms with van der Waals surface area (Å²) in [7, 11) is 1.64. The maximum absolute atomic E-state index is 13.6. The molecule has 8 heteroatoms. The summed E-state index contributed by atoms with van der Waals surface area (Å²) in [6.45, 7) is 4.00. The number of nitrogens with one attached hydrogen (secondary N) is 2. The molecule has 0 aliphatic carbocycles. The van der Waals surface area contributed by atoms with Gasteiger partial charge in [0.05, 0.1) is 13.2 Å². The monoisotopic (exact) mass is 471 g/mol. The number of aromatic nitrogens is 3. The van der Waals surface area contributed by atoms with Crippen LogP contribution < -0.4 is 15.5 Å². The summed E-state index contributed by atoms with van der Waals surface area (Å²) in [5.41, 5.74) is 8.32. The van der Waals surface area contributed by atoms with E-state index < -0.39 is 5.25 Å². The standard InChI is InChI=1S/C26H25N5O2S/c1-16-8-7-9-17(2)21(16)27-25(32)23-22(18-12-14-20(33-3)15-13-18)30-31-24(28-29-26(31)34-23)19-10-5-4-6-11-19/h4-15,22-23,30H,1-3H3,(H,27,32)/t22-,23+/m1/s1. The van der Waals surface area contributed by atoms with E-state index in [-0.39, 0.29) is 11.9 Å². The van der Waals surface area contributed by atoms with Crippen LogP contribution >= 0.6 is 11.8 Å². The van der Waals surface area contributed by atoms with Crippen molar-refractivity contribution in [1.82, 2.24) is 14.9 Å². The zero-order valence-corrected chi connectivity index (χ0v) is 20.0. The van der Waals surface area contributed by atoms with Crippen LogP contribution in [-0.4, -0.2) is 33.1 Å². The first-order valence-electron chi connectivity index (χ1n) is 11.0. The lowest BCUT2D eigenvalue weighted by Gasteiger charge is -2.33. The Morgan fingerprint density at radius 1 is 0.971 bits per heavy atom. The molecule has 7 nitrogen and oxygen atoms in total. The summed E-state index contributed by atoms with van der Waals surface area (Å²) in [5.74, 6) is 1.38. The summed E-state index contributed by atoms with van der Waals surface area (Å²) in [6.07, 6.45) is 0. The Bertz CT molecular complexity index is 1300. The molecule has 0 fully saturated rings. The average Bonchev–Trinajstić information content (AvgIpc) is 3.29. The fraction of sp³-hybridized carbons (Fsp3) is 0.192. The number of aryl methyl sites for hydroxylation is 2. The second kappa shape index (κ2) is 9.23. The van der Waals surface area contributed by atoms with Crippen molar-refractivity contribution in [3.8, 4) is 17.1 Å². The van der Waals surface area contributed by atoms with Gasteiger partial charge in [-0.25, -0.2) is 4.68 Å². The van der Waals surface area contributed by atoms with Crippen molar-refractivity contribution in [1.29, 1.82) is 0 Å². The molecule has 1 amide bonds. The van der Waals surface area contributed by atoms with Crippen molar-refractivity contribution in [2.45, 2.75) is 30.3 Å². The van der Waals surface area contributed by atoms with Gasteiger partial charge < -0.3 is 15.5 Å². The Labute approximate surface area is 202 Å². The first-order valence-corrected chi connectivity index (χ1v) is 11.9. The number of nitrogens with zero attached hydrogens (tertiary/aromatic N) is 3. The van der Waals surface area contributed by atoms with Crippen LogP contribution in [0.2, 0.25) is 0 Å². The summed E-state index contributed by atoms with van der Waals surface area (Å²) in [5, 5.41) is 12.1. The Hall–Kier alpha value is -3.78. The Morgan fingerprint density at radius 2 is 1.68 bits per heavy atom. The highest BCUT2D eigenvalue weighted by Gasteiger charge is 2.38. The van der Waals surface area contributed by atoms with Crippen LogP contribution in [0.5, 0.6) is 5.75 Å². The number of benzene rings is 3. The highest BCUT2D eigenvalue weighted by Crippen LogP contribution is 2.39. The van der Waals surface area contributed by atoms with Gasteiger partial charge in [-0.05, 0) is 42.7 Å². The molecule has 5 rings (SSSR count). The van der Waals surface area contributed by atoms with Crippen LogP contribution in [0.15, 0.2) is 78.0 Å². The van der Waals surface area contributed by atoms with Gasteiger partial charge in [-0.15, -0.1) is 10.2 Å². The van der Waals surface area contributed by atoms with Gasteiger partial charge in [0, 0.05) is 11.3 Å². The predicted octanol–water partition coefficient (Wildman–Crippen LogP) is 4.97. The van der Waals surface area contributed by atoms with Crippen molar-refractivity contribution < 1.29 is 9.53 Å². The van der Waals surface area contributed by atoms with Gasteiger partial charge >= 0.3 is 0 Å². The van der Waals surface area contributed by atoms with E-state index in [0.717, 1.165) is 33.7 Å². The van der Waals surface area contributed by atoms with Crippen LogP contribution in [0.4, 0.5) is 5.69 Å². The largest absolute Gasteiger partial charge is 0.497 e. The normalized spacial score (nSPS) is 16.9. The molecule has 0 radical (unpaired) electrons. The molecule has 0 saturated heterocycles. The van der Waals surface area contributed by atoms with E-state index in [0.29, 0.717) is 11.0 Å². The number of hydrogen-bond donors (Lipinski definition) is 2. The van der Waals surface area contributed by atoms with E-state index in [1.54, 1.807) is 7.11 Å². The Kier molecular flexibility index (Phi) is 5.98. The van der Waals surface area contributed by atoms with Crippen molar-refractivity contribution in [2.24, 2.45) is 0 Å². The van der Waals surface area contributed by atoms with Crippen molar-refractivity contribution in [2.75, 3.05) is 17.9 Å². The lowest BCUT2D eigenvalue weighted by Crippen LogP contribution is -2.41. The minimum Gasteiger partial charge on any atom is -0.497 e. The number of carbonyl (C=O) groups excluding carboxylic acids is 1. The molecule has 1 aromatic heterocycles. The number of anilines is 1. The molecule has 3 aromatic carbocycles. The van der Waals surface area contributed by atoms with Gasteiger partial charge in [-0.1, -0.05) is 72.4 Å². The van der Waals surface area contributed by atoms with E-state index in [2.05, 4.69) is 20.9 Å². The second-order valence-corrected chi connectivity index (χ2v) is 9.29. The molecule has 1 aliphatic rings. The third kappa shape index (κ3) is 4.12. The lowest BCUT2D eigenvalue weighted by atomic mass is 10.0. The molecular weight excluding hydrogens is 446 g/mol. The molecular formula is C26H25N5O2S. The highest BCUT2D eigenvalue weighted by molar-refractivity contribution is 8.00. The van der Waals surface area contributed by atoms with Gasteiger partial charge in [-0.3, -0.25) is 4.79 Å². The number of carbonyl (C=O) groups is 1. The third-order valence-corrected chi connectivity index (χ3v) is 7.15. The zero-order valence-electron chi connectivity index (χ0n) is 19.1. The number of methoxy groups -OCH3 is 1. The number of para-hydroxylation sites is 1. The summed E-state index contributed by atoms with van der Waals surface area (Å²) in [6, 6.07) is 23.3. The minimum absolute atomic E-state index is 0.0915. The van der Waals surface area contributed by atoms with Crippen LogP contribution in [0.3, 0.4) is 0 Å². The zero-order chi connectivity index (χ0) is 23.7. The lowest BCUT2D eigenvalue weighted by molar-refractivity contribution is -0.116. The predicted molar refractivity (Wildman–Crippen MR) is 135 cm³/mol. The Morgan fingerprint density at radius 3 is 2.35 bits per heavy atom. The van der Waals surface area contributed by atoms with E-state index in [9.17, 15) is 4.79 Å². The molecule has 2 heterocycles. The van der Waals surface area contributed by atoms with E-state index in [4.69, 9.17) is 4.74 Å². The van der Waals surface area contributed by atoms with E-state index >= 15 is 0 Å². The number of hydrogen-bond acceptors (Lipinski definition) is 6. The second-order valence-electron chi connectivity index (χ2n) is 8.18. The minimum atomic E-state index is -0.465. The number of rotatable bonds is 5. The molecule has 0 bridgehead atoms. The molecule has 2 N–H and O–H groups in total. The number of ether oxygens (including phenoxy) is 1. The van der Waals surface area contributed by atoms with Crippen molar-refractivity contribution >= 4 is 23.4 Å². The molecule has 172 valence electrons. The first-order chi connectivity index (χ1) is 16.5. The summed E-state index contributed by atoms with van der Waals surface area (Å²) in [4.78, 5) is 13.6. The SMILES string of the molecule is COc1ccc([C@H]2Nn3c(nnc3-c3ccccc3)S[C@@H]2C(=O)Nc2c(C)cccc2C)cc1. The van der Waals surface area contributed by atoms with Crippen molar-refractivity contribution in [3.63, 3.8) is 0 Å². The topological polar surface area (TPSA) is 81.1 Å².